The SMILES string of the molecule is CCCCNC(=O)[C@@H]1CN(C(=O)c2cccc(OC)c2)C[C@@H]1c1cccc(F)c1. The Kier molecular flexibility index (Phi) is 6.86. The third kappa shape index (κ3) is 4.94. The Balaban J connectivity index is 1.83. The van der Waals surface area contributed by atoms with E-state index in [1.165, 1.54) is 12.1 Å². The summed E-state index contributed by atoms with van der Waals surface area (Å²) in [5.41, 5.74) is 1.25. The van der Waals surface area contributed by atoms with E-state index >= 15 is 0 Å². The van der Waals surface area contributed by atoms with Gasteiger partial charge in [-0.1, -0.05) is 31.5 Å². The molecule has 6 heteroatoms. The molecule has 2 aromatic carbocycles. The van der Waals surface area contributed by atoms with Crippen molar-refractivity contribution in [1.29, 1.82) is 0 Å². The number of carbonyl (C=O) groups is 2. The number of ether oxygens (including phenoxy) is 1. The van der Waals surface area contributed by atoms with Gasteiger partial charge in [0.05, 0.1) is 13.0 Å². The highest BCUT2D eigenvalue weighted by molar-refractivity contribution is 5.95. The summed E-state index contributed by atoms with van der Waals surface area (Å²) in [7, 11) is 1.55. The van der Waals surface area contributed by atoms with E-state index in [9.17, 15) is 14.0 Å². The van der Waals surface area contributed by atoms with E-state index in [1.54, 1.807) is 42.3 Å². The number of nitrogens with one attached hydrogen (secondary N) is 1. The van der Waals surface area contributed by atoms with Crippen LogP contribution in [-0.4, -0.2) is 43.5 Å². The molecule has 1 aliphatic heterocycles. The van der Waals surface area contributed by atoms with Crippen molar-refractivity contribution in [1.82, 2.24) is 10.2 Å². The summed E-state index contributed by atoms with van der Waals surface area (Å²) in [4.78, 5) is 27.6. The third-order valence-corrected chi connectivity index (χ3v) is 5.37. The normalized spacial score (nSPS) is 18.5. The molecular weight excluding hydrogens is 371 g/mol. The van der Waals surface area contributed by atoms with Gasteiger partial charge in [0.1, 0.15) is 11.6 Å². The van der Waals surface area contributed by atoms with E-state index < -0.39 is 5.92 Å². The number of nitrogens with zero attached hydrogens (tertiary/aromatic N) is 1. The van der Waals surface area contributed by atoms with Gasteiger partial charge < -0.3 is 15.0 Å². The number of carbonyl (C=O) groups excluding carboxylic acids is 2. The van der Waals surface area contributed by atoms with Crippen molar-refractivity contribution in [3.8, 4) is 5.75 Å². The lowest BCUT2D eigenvalue weighted by atomic mass is 9.88. The van der Waals surface area contributed by atoms with Gasteiger partial charge in [-0.15, -0.1) is 0 Å². The molecule has 5 nitrogen and oxygen atoms in total. The van der Waals surface area contributed by atoms with E-state index in [1.807, 2.05) is 6.07 Å². The summed E-state index contributed by atoms with van der Waals surface area (Å²) in [5, 5.41) is 2.97. The average molecular weight is 398 g/mol. The molecule has 0 aromatic heterocycles. The standard InChI is InChI=1S/C23H27FN2O3/c1-3-4-11-25-22(27)21-15-26(14-20(21)16-7-5-9-18(24)12-16)23(28)17-8-6-10-19(13-17)29-2/h5-10,12-13,20-21H,3-4,11,14-15H2,1-2H3,(H,25,27)/t20-,21-/m1/s1. The lowest BCUT2D eigenvalue weighted by molar-refractivity contribution is -0.124. The van der Waals surface area contributed by atoms with Gasteiger partial charge in [-0.05, 0) is 42.3 Å². The van der Waals surface area contributed by atoms with Crippen molar-refractivity contribution in [2.45, 2.75) is 25.7 Å². The maximum absolute atomic E-state index is 13.8. The number of halogens is 1. The fraction of sp³-hybridized carbons (Fsp3) is 0.391. The van der Waals surface area contributed by atoms with Crippen molar-refractivity contribution in [2.75, 3.05) is 26.7 Å². The first-order chi connectivity index (χ1) is 14.0. The third-order valence-electron chi connectivity index (χ3n) is 5.37. The van der Waals surface area contributed by atoms with Crippen LogP contribution in [0.1, 0.15) is 41.6 Å². The molecule has 3 rings (SSSR count). The predicted molar refractivity (Wildman–Crippen MR) is 109 cm³/mol. The molecule has 2 amide bonds. The van der Waals surface area contributed by atoms with Crippen LogP contribution >= 0.6 is 0 Å². The minimum atomic E-state index is -0.414. The number of unbranched alkanes of at least 4 members (excludes halogenated alkanes) is 1. The van der Waals surface area contributed by atoms with Gasteiger partial charge in [-0.2, -0.15) is 0 Å². The molecule has 154 valence electrons. The highest BCUT2D eigenvalue weighted by atomic mass is 19.1. The first kappa shape index (κ1) is 20.8. The van der Waals surface area contributed by atoms with Crippen LogP contribution in [0.25, 0.3) is 0 Å². The van der Waals surface area contributed by atoms with Crippen LogP contribution < -0.4 is 10.1 Å². The van der Waals surface area contributed by atoms with E-state index in [-0.39, 0.29) is 23.5 Å². The Hall–Kier alpha value is -2.89. The molecule has 1 heterocycles. The molecule has 0 saturated carbocycles. The summed E-state index contributed by atoms with van der Waals surface area (Å²) in [5.74, 6) is -0.649. The van der Waals surface area contributed by atoms with Crippen LogP contribution in [0.2, 0.25) is 0 Å². The Morgan fingerprint density at radius 2 is 1.97 bits per heavy atom. The van der Waals surface area contributed by atoms with Crippen molar-refractivity contribution >= 4 is 11.8 Å². The second-order valence-electron chi connectivity index (χ2n) is 7.35. The molecule has 1 saturated heterocycles. The fourth-order valence-electron chi connectivity index (χ4n) is 3.77. The van der Waals surface area contributed by atoms with Gasteiger partial charge in [0.2, 0.25) is 5.91 Å². The molecule has 1 fully saturated rings. The molecule has 1 N–H and O–H groups in total. The maximum atomic E-state index is 13.8. The zero-order valence-electron chi connectivity index (χ0n) is 16.9. The van der Waals surface area contributed by atoms with Gasteiger partial charge in [0.25, 0.3) is 5.91 Å². The van der Waals surface area contributed by atoms with Crippen molar-refractivity contribution in [3.63, 3.8) is 0 Å². The van der Waals surface area contributed by atoms with Crippen LogP contribution in [0.3, 0.4) is 0 Å². The number of hydrogen-bond donors (Lipinski definition) is 1. The van der Waals surface area contributed by atoms with Gasteiger partial charge in [-0.3, -0.25) is 9.59 Å². The Bertz CT molecular complexity index is 871. The van der Waals surface area contributed by atoms with Crippen LogP contribution in [0.15, 0.2) is 48.5 Å². The Morgan fingerprint density at radius 1 is 1.17 bits per heavy atom. The lowest BCUT2D eigenvalue weighted by Crippen LogP contribution is -2.36. The highest BCUT2D eigenvalue weighted by Crippen LogP contribution is 2.34. The monoisotopic (exact) mass is 398 g/mol. The zero-order chi connectivity index (χ0) is 20.8. The largest absolute Gasteiger partial charge is 0.497 e. The molecule has 0 aliphatic carbocycles. The Labute approximate surface area is 170 Å². The number of hydrogen-bond acceptors (Lipinski definition) is 3. The first-order valence-electron chi connectivity index (χ1n) is 10.00. The van der Waals surface area contributed by atoms with E-state index in [0.717, 1.165) is 18.4 Å². The topological polar surface area (TPSA) is 58.6 Å². The second kappa shape index (κ2) is 9.54. The number of benzene rings is 2. The van der Waals surface area contributed by atoms with Crippen LogP contribution in [0.5, 0.6) is 5.75 Å². The molecule has 2 atom stereocenters. The molecule has 1 aliphatic rings. The quantitative estimate of drug-likeness (QED) is 0.725. The van der Waals surface area contributed by atoms with Crippen LogP contribution in [0.4, 0.5) is 4.39 Å². The number of rotatable bonds is 7. The Morgan fingerprint density at radius 3 is 2.69 bits per heavy atom. The summed E-state index contributed by atoms with van der Waals surface area (Å²) in [6, 6.07) is 13.3. The molecule has 0 bridgehead atoms. The molecule has 0 unspecified atom stereocenters. The summed E-state index contributed by atoms with van der Waals surface area (Å²) < 4.78 is 19.0. The summed E-state index contributed by atoms with van der Waals surface area (Å²) >= 11 is 0. The molecule has 2 aromatic rings. The van der Waals surface area contributed by atoms with E-state index in [0.29, 0.717) is 30.9 Å². The second-order valence-corrected chi connectivity index (χ2v) is 7.35. The molecule has 29 heavy (non-hydrogen) atoms. The van der Waals surface area contributed by atoms with Crippen molar-refractivity contribution in [2.24, 2.45) is 5.92 Å². The number of likely N-dealkylation sites (tertiary alicyclic amines) is 1. The highest BCUT2D eigenvalue weighted by Gasteiger charge is 2.40. The van der Waals surface area contributed by atoms with Crippen molar-refractivity contribution < 1.29 is 18.7 Å². The van der Waals surface area contributed by atoms with E-state index in [2.05, 4.69) is 12.2 Å². The van der Waals surface area contributed by atoms with Gasteiger partial charge in [0, 0.05) is 31.1 Å². The minimum absolute atomic E-state index is 0.0892. The lowest BCUT2D eigenvalue weighted by Gasteiger charge is -2.18. The van der Waals surface area contributed by atoms with Gasteiger partial charge in [-0.25, -0.2) is 4.39 Å². The van der Waals surface area contributed by atoms with Crippen LogP contribution in [-0.2, 0) is 4.79 Å². The fourth-order valence-corrected chi connectivity index (χ4v) is 3.77. The van der Waals surface area contributed by atoms with Crippen LogP contribution in [0, 0.1) is 11.7 Å². The average Bonchev–Trinajstić information content (AvgIpc) is 3.19. The number of amides is 2. The van der Waals surface area contributed by atoms with Gasteiger partial charge >= 0.3 is 0 Å². The zero-order valence-corrected chi connectivity index (χ0v) is 16.9. The van der Waals surface area contributed by atoms with Gasteiger partial charge in [0.15, 0.2) is 0 Å². The summed E-state index contributed by atoms with van der Waals surface area (Å²) in [6.45, 7) is 3.33. The van der Waals surface area contributed by atoms with Crippen molar-refractivity contribution in [3.05, 3.63) is 65.5 Å². The molecule has 0 spiro atoms. The maximum Gasteiger partial charge on any atom is 0.254 e. The smallest absolute Gasteiger partial charge is 0.254 e. The molecular formula is C23H27FN2O3. The predicted octanol–water partition coefficient (Wildman–Crippen LogP) is 3.61. The molecule has 0 radical (unpaired) electrons. The first-order valence-corrected chi connectivity index (χ1v) is 10.00. The minimum Gasteiger partial charge on any atom is -0.497 e. The van der Waals surface area contributed by atoms with E-state index in [4.69, 9.17) is 4.74 Å². The summed E-state index contributed by atoms with van der Waals surface area (Å²) in [6.07, 6.45) is 1.88. The number of methoxy groups -OCH3 is 1.